The van der Waals surface area contributed by atoms with Gasteiger partial charge in [-0.2, -0.15) is 0 Å². The zero-order valence-corrected chi connectivity index (χ0v) is 16.1. The number of anilines is 1. The fraction of sp³-hybridized carbons (Fsp3) is 0.238. The van der Waals surface area contributed by atoms with Crippen molar-refractivity contribution < 1.29 is 19.0 Å². The number of nitrogens with one attached hydrogen (secondary N) is 1. The molecule has 28 heavy (non-hydrogen) atoms. The molecule has 0 unspecified atom stereocenters. The highest BCUT2D eigenvalue weighted by Gasteiger charge is 2.36. The predicted octanol–water partition coefficient (Wildman–Crippen LogP) is 3.52. The van der Waals surface area contributed by atoms with E-state index in [1.54, 1.807) is 20.3 Å². The van der Waals surface area contributed by atoms with E-state index in [-0.39, 0.29) is 0 Å². The predicted molar refractivity (Wildman–Crippen MR) is 106 cm³/mol. The van der Waals surface area contributed by atoms with Gasteiger partial charge in [-0.1, -0.05) is 12.1 Å². The second kappa shape index (κ2) is 6.92. The Kier molecular flexibility index (Phi) is 4.43. The smallest absolute Gasteiger partial charge is 0.337 e. The van der Waals surface area contributed by atoms with E-state index in [0.717, 1.165) is 16.6 Å². The Labute approximate surface area is 162 Å². The summed E-state index contributed by atoms with van der Waals surface area (Å²) >= 11 is 0. The maximum Gasteiger partial charge on any atom is 0.337 e. The van der Waals surface area contributed by atoms with Crippen molar-refractivity contribution >= 4 is 23.0 Å². The first-order valence-corrected chi connectivity index (χ1v) is 8.84. The SMILES string of the molecule is COC(=O)C1=C(C)Nc2nc3ccccc3n2[C@H]1c1ccc(OC)cc1OC. The number of carbonyl (C=O) groups excluding carboxylic acids is 1. The van der Waals surface area contributed by atoms with Gasteiger partial charge in [-0.25, -0.2) is 9.78 Å². The number of benzene rings is 2. The lowest BCUT2D eigenvalue weighted by Crippen LogP contribution is -2.28. The van der Waals surface area contributed by atoms with E-state index in [9.17, 15) is 4.79 Å². The zero-order chi connectivity index (χ0) is 19.8. The number of rotatable bonds is 4. The van der Waals surface area contributed by atoms with Crippen LogP contribution in [0.3, 0.4) is 0 Å². The van der Waals surface area contributed by atoms with E-state index in [1.807, 2.05) is 47.9 Å². The Morgan fingerprint density at radius 1 is 1.11 bits per heavy atom. The third kappa shape index (κ3) is 2.67. The Balaban J connectivity index is 2.03. The lowest BCUT2D eigenvalue weighted by atomic mass is 9.94. The molecule has 7 nitrogen and oxygen atoms in total. The minimum Gasteiger partial charge on any atom is -0.497 e. The number of carbonyl (C=O) groups is 1. The normalized spacial score (nSPS) is 15.8. The van der Waals surface area contributed by atoms with E-state index in [4.69, 9.17) is 14.2 Å². The highest BCUT2D eigenvalue weighted by molar-refractivity contribution is 5.94. The molecule has 2 aromatic carbocycles. The van der Waals surface area contributed by atoms with Gasteiger partial charge in [-0.05, 0) is 31.2 Å². The summed E-state index contributed by atoms with van der Waals surface area (Å²) in [6, 6.07) is 12.9. The van der Waals surface area contributed by atoms with Gasteiger partial charge in [-0.3, -0.25) is 4.57 Å². The average Bonchev–Trinajstić information content (AvgIpc) is 3.09. The largest absolute Gasteiger partial charge is 0.497 e. The molecular formula is C21H21N3O4. The third-order valence-electron chi connectivity index (χ3n) is 4.97. The lowest BCUT2D eigenvalue weighted by molar-refractivity contribution is -0.136. The Bertz CT molecular complexity index is 1100. The van der Waals surface area contributed by atoms with Crippen LogP contribution in [0, 0.1) is 0 Å². The molecule has 4 rings (SSSR count). The van der Waals surface area contributed by atoms with Crippen LogP contribution in [0.5, 0.6) is 11.5 Å². The summed E-state index contributed by atoms with van der Waals surface area (Å²) in [6.07, 6.45) is 0. The summed E-state index contributed by atoms with van der Waals surface area (Å²) < 4.78 is 18.1. The molecule has 0 radical (unpaired) electrons. The number of aromatic nitrogens is 2. The summed E-state index contributed by atoms with van der Waals surface area (Å²) in [5.74, 6) is 1.54. The topological polar surface area (TPSA) is 74.6 Å². The molecule has 144 valence electrons. The summed E-state index contributed by atoms with van der Waals surface area (Å²) in [4.78, 5) is 17.4. The summed E-state index contributed by atoms with van der Waals surface area (Å²) in [6.45, 7) is 1.85. The minimum absolute atomic E-state index is 0.406. The van der Waals surface area contributed by atoms with Crippen LogP contribution in [-0.4, -0.2) is 36.8 Å². The first-order chi connectivity index (χ1) is 13.6. The number of allylic oxidation sites excluding steroid dienone is 1. The van der Waals surface area contributed by atoms with Crippen molar-refractivity contribution in [3.8, 4) is 11.5 Å². The summed E-state index contributed by atoms with van der Waals surface area (Å²) in [5, 5.41) is 3.24. The number of hydrogen-bond acceptors (Lipinski definition) is 6. The minimum atomic E-state index is -0.461. The third-order valence-corrected chi connectivity index (χ3v) is 4.97. The van der Waals surface area contributed by atoms with Gasteiger partial charge in [0.15, 0.2) is 0 Å². The molecule has 3 aromatic rings. The van der Waals surface area contributed by atoms with E-state index in [0.29, 0.717) is 28.7 Å². The van der Waals surface area contributed by atoms with Crippen molar-refractivity contribution in [3.63, 3.8) is 0 Å². The van der Waals surface area contributed by atoms with Crippen LogP contribution in [-0.2, 0) is 9.53 Å². The number of nitrogens with zero attached hydrogens (tertiary/aromatic N) is 2. The zero-order valence-electron chi connectivity index (χ0n) is 16.1. The highest BCUT2D eigenvalue weighted by atomic mass is 16.5. The molecule has 0 saturated carbocycles. The van der Waals surface area contributed by atoms with Crippen LogP contribution in [0.1, 0.15) is 18.5 Å². The Hall–Kier alpha value is -3.48. The summed E-state index contributed by atoms with van der Waals surface area (Å²) in [7, 11) is 4.58. The molecule has 1 aromatic heterocycles. The van der Waals surface area contributed by atoms with Crippen LogP contribution in [0.15, 0.2) is 53.7 Å². The molecule has 1 aliphatic rings. The fourth-order valence-electron chi connectivity index (χ4n) is 3.68. The molecule has 0 spiro atoms. The van der Waals surface area contributed by atoms with Crippen molar-refractivity contribution in [2.75, 3.05) is 26.6 Å². The fourth-order valence-corrected chi connectivity index (χ4v) is 3.68. The number of ether oxygens (including phenoxy) is 3. The summed E-state index contributed by atoms with van der Waals surface area (Å²) in [5.41, 5.74) is 3.75. The highest BCUT2D eigenvalue weighted by Crippen LogP contribution is 2.43. The number of esters is 1. The Morgan fingerprint density at radius 3 is 2.61 bits per heavy atom. The maximum absolute atomic E-state index is 12.7. The number of para-hydroxylation sites is 2. The van der Waals surface area contributed by atoms with Gasteiger partial charge >= 0.3 is 5.97 Å². The maximum atomic E-state index is 12.7. The Morgan fingerprint density at radius 2 is 1.89 bits per heavy atom. The van der Waals surface area contributed by atoms with Gasteiger partial charge in [0.05, 0.1) is 44.0 Å². The van der Waals surface area contributed by atoms with Gasteiger partial charge < -0.3 is 19.5 Å². The molecule has 0 saturated heterocycles. The molecule has 0 aliphatic carbocycles. The van der Waals surface area contributed by atoms with Crippen molar-refractivity contribution in [1.82, 2.24) is 9.55 Å². The van der Waals surface area contributed by atoms with Crippen LogP contribution < -0.4 is 14.8 Å². The van der Waals surface area contributed by atoms with E-state index < -0.39 is 12.0 Å². The second-order valence-electron chi connectivity index (χ2n) is 6.46. The van der Waals surface area contributed by atoms with E-state index in [2.05, 4.69) is 10.3 Å². The van der Waals surface area contributed by atoms with E-state index in [1.165, 1.54) is 7.11 Å². The lowest BCUT2D eigenvalue weighted by Gasteiger charge is -2.30. The van der Waals surface area contributed by atoms with Crippen molar-refractivity contribution in [1.29, 1.82) is 0 Å². The molecule has 0 bridgehead atoms. The molecule has 1 N–H and O–H groups in total. The van der Waals surface area contributed by atoms with Crippen molar-refractivity contribution in [3.05, 3.63) is 59.3 Å². The number of fused-ring (bicyclic) bond motifs is 3. The molecule has 1 aliphatic heterocycles. The average molecular weight is 379 g/mol. The molecule has 0 fully saturated rings. The van der Waals surface area contributed by atoms with Crippen LogP contribution in [0.25, 0.3) is 11.0 Å². The molecule has 7 heteroatoms. The molecular weight excluding hydrogens is 358 g/mol. The second-order valence-corrected chi connectivity index (χ2v) is 6.46. The van der Waals surface area contributed by atoms with Gasteiger partial charge in [0.2, 0.25) is 5.95 Å². The molecule has 0 amide bonds. The standard InChI is InChI=1S/C21H21N3O4/c1-12-18(20(25)28-4)19(14-10-9-13(26-2)11-17(14)27-3)24-16-8-6-5-7-15(16)23-21(24)22-12/h5-11,19H,1-4H3,(H,22,23)/t19-/m0/s1. The van der Waals surface area contributed by atoms with Crippen LogP contribution in [0.2, 0.25) is 0 Å². The number of hydrogen-bond donors (Lipinski definition) is 1. The van der Waals surface area contributed by atoms with E-state index >= 15 is 0 Å². The van der Waals surface area contributed by atoms with Crippen molar-refractivity contribution in [2.24, 2.45) is 0 Å². The van der Waals surface area contributed by atoms with Crippen LogP contribution in [0.4, 0.5) is 5.95 Å². The van der Waals surface area contributed by atoms with Gasteiger partial charge in [0.1, 0.15) is 11.5 Å². The number of imidazole rings is 1. The quantitative estimate of drug-likeness (QED) is 0.699. The van der Waals surface area contributed by atoms with Gasteiger partial charge in [-0.15, -0.1) is 0 Å². The molecule has 1 atom stereocenters. The van der Waals surface area contributed by atoms with Crippen LogP contribution >= 0.6 is 0 Å². The molecule has 2 heterocycles. The number of methoxy groups -OCH3 is 3. The first-order valence-electron chi connectivity index (χ1n) is 8.84. The van der Waals surface area contributed by atoms with Gasteiger partial charge in [0.25, 0.3) is 0 Å². The van der Waals surface area contributed by atoms with Crippen molar-refractivity contribution in [2.45, 2.75) is 13.0 Å². The first kappa shape index (κ1) is 17.9. The monoisotopic (exact) mass is 379 g/mol. The van der Waals surface area contributed by atoms with Gasteiger partial charge in [0, 0.05) is 17.3 Å².